The van der Waals surface area contributed by atoms with Gasteiger partial charge in [0.2, 0.25) is 0 Å². The van der Waals surface area contributed by atoms with Crippen molar-refractivity contribution in [3.63, 3.8) is 0 Å². The molecule has 0 spiro atoms. The molecule has 3 aliphatic rings. The molecule has 2 bridgehead atoms. The summed E-state index contributed by atoms with van der Waals surface area (Å²) in [7, 11) is 0. The Hall–Kier alpha value is -4.48. The van der Waals surface area contributed by atoms with Gasteiger partial charge < -0.3 is 34.4 Å². The third kappa shape index (κ3) is 4.76. The topological polar surface area (TPSA) is 276 Å². The highest BCUT2D eigenvalue weighted by Crippen LogP contribution is 2.51. The Morgan fingerprint density at radius 1 is 0.727 bits per heavy atom. The molecule has 12 heteroatoms. The molecule has 0 heterocycles. The molecular formula is C32H46N12. The standard InChI is InChI=1S/C32H46N12/c33-25(34)24(26(35)44-23-16-17-13-14-19(23)15-17)32(29(40)41,30(42)43-20-9-2-1-3-10-20)31(27(36)37,28(38)39)22-12-6-8-18-7-4-5-11-21(18)22/h4-8,11-12,17,19-20,23-24H,1-3,9-10,13-16H2,(H3,33,34)(H2,35,44)(H3,36,37)(H3,38,39)(H3,40,41)(H2,42,43). The molecule has 0 aromatic heterocycles. The maximum Gasteiger partial charge on any atom is 0.130 e. The van der Waals surface area contributed by atoms with Crippen molar-refractivity contribution < 1.29 is 0 Å². The summed E-state index contributed by atoms with van der Waals surface area (Å²) >= 11 is 0. The number of amidine groups is 6. The van der Waals surface area contributed by atoms with Crippen LogP contribution in [0.15, 0.2) is 52.4 Å². The number of aliphatic imine (C=N–C) groups is 2. The van der Waals surface area contributed by atoms with Crippen molar-refractivity contribution >= 4 is 45.8 Å². The van der Waals surface area contributed by atoms with Crippen molar-refractivity contribution in [3.05, 3.63) is 48.0 Å². The van der Waals surface area contributed by atoms with Crippen LogP contribution in [0, 0.1) is 44.8 Å². The number of rotatable bonds is 11. The number of nitrogens with zero attached hydrogens (tertiary/aromatic N) is 2. The molecular weight excluding hydrogens is 552 g/mol. The maximum absolute atomic E-state index is 9.28. The van der Waals surface area contributed by atoms with E-state index in [-0.39, 0.29) is 23.8 Å². The lowest BCUT2D eigenvalue weighted by atomic mass is 9.50. The van der Waals surface area contributed by atoms with Crippen LogP contribution in [0.3, 0.4) is 0 Å². The minimum Gasteiger partial charge on any atom is -0.387 e. The SMILES string of the molecule is N=C(N)C(C(N)=NC1CC2CCC1C2)C(C(=N)N)(C(N)=NC1CCCCC1)C(C(=N)N)(C(=N)N)c1cccc2ccccc12. The first-order valence-corrected chi connectivity index (χ1v) is 15.5. The summed E-state index contributed by atoms with van der Waals surface area (Å²) in [5.41, 5.74) is 35.9. The van der Waals surface area contributed by atoms with Crippen molar-refractivity contribution in [3.8, 4) is 0 Å². The van der Waals surface area contributed by atoms with Crippen LogP contribution in [0.25, 0.3) is 10.8 Å². The van der Waals surface area contributed by atoms with Crippen LogP contribution >= 0.6 is 0 Å². The van der Waals surface area contributed by atoms with Gasteiger partial charge in [0.25, 0.3) is 0 Å². The van der Waals surface area contributed by atoms with Gasteiger partial charge in [0.15, 0.2) is 0 Å². The van der Waals surface area contributed by atoms with E-state index in [1.165, 1.54) is 0 Å². The fourth-order valence-corrected chi connectivity index (χ4v) is 8.44. The molecule has 3 fully saturated rings. The van der Waals surface area contributed by atoms with Crippen molar-refractivity contribution in [2.24, 2.45) is 67.6 Å². The van der Waals surface area contributed by atoms with Crippen LogP contribution in [0.2, 0.25) is 0 Å². The lowest BCUT2D eigenvalue weighted by Gasteiger charge is -2.52. The number of hydrogen-bond donors (Lipinski definition) is 10. The third-order valence-corrected chi connectivity index (χ3v) is 10.4. The van der Waals surface area contributed by atoms with Gasteiger partial charge in [0.05, 0.1) is 18.0 Å². The number of hydrogen-bond acceptors (Lipinski definition) is 6. The van der Waals surface area contributed by atoms with Gasteiger partial charge in [-0.3, -0.25) is 31.6 Å². The summed E-state index contributed by atoms with van der Waals surface area (Å²) in [4.78, 5) is 9.86. The van der Waals surface area contributed by atoms with Crippen LogP contribution in [0.1, 0.15) is 63.4 Å². The molecule has 5 atom stereocenters. The first-order valence-electron chi connectivity index (χ1n) is 15.5. The molecule has 3 aliphatic carbocycles. The molecule has 2 aromatic carbocycles. The van der Waals surface area contributed by atoms with E-state index in [4.69, 9.17) is 49.8 Å². The summed E-state index contributed by atoms with van der Waals surface area (Å²) in [6, 6.07) is 12.4. The number of nitrogens with two attached hydrogens (primary N) is 6. The summed E-state index contributed by atoms with van der Waals surface area (Å²) in [6.07, 6.45) is 8.62. The van der Waals surface area contributed by atoms with E-state index in [1.54, 1.807) is 12.1 Å². The van der Waals surface area contributed by atoms with E-state index in [0.29, 0.717) is 22.8 Å². The van der Waals surface area contributed by atoms with Gasteiger partial charge in [-0.05, 0) is 60.3 Å². The summed E-state index contributed by atoms with van der Waals surface area (Å²) in [5, 5.41) is 38.0. The van der Waals surface area contributed by atoms with E-state index in [2.05, 4.69) is 0 Å². The van der Waals surface area contributed by atoms with E-state index < -0.39 is 40.1 Å². The van der Waals surface area contributed by atoms with Crippen molar-refractivity contribution in [1.82, 2.24) is 0 Å². The first-order chi connectivity index (χ1) is 21.0. The third-order valence-electron chi connectivity index (χ3n) is 10.4. The second-order valence-electron chi connectivity index (χ2n) is 12.8. The number of nitrogens with one attached hydrogen (secondary N) is 4. The normalized spacial score (nSPS) is 26.0. The second kappa shape index (κ2) is 11.9. The zero-order chi connectivity index (χ0) is 31.8. The molecule has 3 saturated carbocycles. The molecule has 44 heavy (non-hydrogen) atoms. The molecule has 0 aliphatic heterocycles. The molecule has 0 radical (unpaired) electrons. The van der Waals surface area contributed by atoms with E-state index >= 15 is 0 Å². The second-order valence-corrected chi connectivity index (χ2v) is 12.8. The molecule has 0 amide bonds. The Bertz CT molecular complexity index is 1520. The lowest BCUT2D eigenvalue weighted by molar-refractivity contribution is 0.392. The smallest absolute Gasteiger partial charge is 0.130 e. The molecule has 16 N–H and O–H groups in total. The fourth-order valence-electron chi connectivity index (χ4n) is 8.44. The average Bonchev–Trinajstić information content (AvgIpc) is 3.60. The summed E-state index contributed by atoms with van der Waals surface area (Å²) in [5.74, 6) is -3.10. The summed E-state index contributed by atoms with van der Waals surface area (Å²) < 4.78 is 0. The van der Waals surface area contributed by atoms with Gasteiger partial charge in [0, 0.05) is 0 Å². The van der Waals surface area contributed by atoms with E-state index in [0.717, 1.165) is 63.2 Å². The Morgan fingerprint density at radius 3 is 1.95 bits per heavy atom. The van der Waals surface area contributed by atoms with Crippen LogP contribution in [-0.4, -0.2) is 47.1 Å². The van der Waals surface area contributed by atoms with E-state index in [9.17, 15) is 16.2 Å². The molecule has 234 valence electrons. The van der Waals surface area contributed by atoms with Crippen molar-refractivity contribution in [1.29, 1.82) is 21.6 Å². The minimum atomic E-state index is -2.23. The van der Waals surface area contributed by atoms with Gasteiger partial charge >= 0.3 is 0 Å². The van der Waals surface area contributed by atoms with Crippen molar-refractivity contribution in [2.75, 3.05) is 0 Å². The van der Waals surface area contributed by atoms with Gasteiger partial charge in [-0.1, -0.05) is 68.1 Å². The Morgan fingerprint density at radius 2 is 1.39 bits per heavy atom. The largest absolute Gasteiger partial charge is 0.387 e. The lowest BCUT2D eigenvalue weighted by Crippen LogP contribution is -2.75. The van der Waals surface area contributed by atoms with Gasteiger partial charge in [-0.25, -0.2) is 0 Å². The van der Waals surface area contributed by atoms with Crippen LogP contribution in [0.4, 0.5) is 0 Å². The molecule has 5 rings (SSSR count). The highest BCUT2D eigenvalue weighted by molar-refractivity contribution is 6.29. The maximum atomic E-state index is 9.28. The van der Waals surface area contributed by atoms with Crippen LogP contribution < -0.4 is 34.4 Å². The van der Waals surface area contributed by atoms with E-state index in [1.807, 2.05) is 30.3 Å². The average molecular weight is 599 g/mol. The Labute approximate surface area is 258 Å². The summed E-state index contributed by atoms with van der Waals surface area (Å²) in [6.45, 7) is 0. The monoisotopic (exact) mass is 598 g/mol. The molecule has 0 saturated heterocycles. The zero-order valence-corrected chi connectivity index (χ0v) is 25.2. The van der Waals surface area contributed by atoms with Crippen LogP contribution in [0.5, 0.6) is 0 Å². The predicted octanol–water partition coefficient (Wildman–Crippen LogP) is 2.66. The molecule has 5 unspecified atom stereocenters. The molecule has 2 aromatic rings. The van der Waals surface area contributed by atoms with Gasteiger partial charge in [-0.2, -0.15) is 0 Å². The number of fused-ring (bicyclic) bond motifs is 3. The highest BCUT2D eigenvalue weighted by Gasteiger charge is 2.68. The number of benzene rings is 2. The quantitative estimate of drug-likeness (QED) is 0.137. The zero-order valence-electron chi connectivity index (χ0n) is 25.2. The fraction of sp³-hybridized carbons (Fsp3) is 0.500. The van der Waals surface area contributed by atoms with Gasteiger partial charge in [-0.15, -0.1) is 0 Å². The first kappa shape index (κ1) is 31.0. The molecule has 12 nitrogen and oxygen atoms in total. The Balaban J connectivity index is 1.89. The predicted molar refractivity (Wildman–Crippen MR) is 179 cm³/mol. The van der Waals surface area contributed by atoms with Crippen molar-refractivity contribution in [2.45, 2.75) is 75.3 Å². The highest BCUT2D eigenvalue weighted by atomic mass is 15.0. The minimum absolute atomic E-state index is 0.0563. The van der Waals surface area contributed by atoms with Crippen LogP contribution in [-0.2, 0) is 5.41 Å². The van der Waals surface area contributed by atoms with Gasteiger partial charge in [0.1, 0.15) is 45.8 Å². The Kier molecular flexibility index (Phi) is 8.37.